The number of aromatic nitrogens is 2. The largest absolute Gasteiger partial charge is 0.519 e. The van der Waals surface area contributed by atoms with E-state index in [0.717, 1.165) is 41.9 Å². The van der Waals surface area contributed by atoms with Gasteiger partial charge < -0.3 is 23.9 Å². The van der Waals surface area contributed by atoms with Gasteiger partial charge in [-0.3, -0.25) is 9.69 Å². The molecule has 0 saturated carbocycles. The Morgan fingerprint density at radius 2 is 1.76 bits per heavy atom. The van der Waals surface area contributed by atoms with Gasteiger partial charge >= 0.3 is 11.8 Å². The molecule has 0 unspecified atom stereocenters. The Morgan fingerprint density at radius 3 is 2.51 bits per heavy atom. The third-order valence-electron chi connectivity index (χ3n) is 7.47. The molecule has 4 aromatic rings. The fourth-order valence-electron chi connectivity index (χ4n) is 5.50. The molecule has 6 rings (SSSR count). The third-order valence-corrected chi connectivity index (χ3v) is 7.47. The molecule has 2 N–H and O–H groups in total. The number of carbonyl (C=O) groups excluding carboxylic acids is 1. The molecule has 0 amide bonds. The molecule has 41 heavy (non-hydrogen) atoms. The average molecular weight is 624 g/mol. The van der Waals surface area contributed by atoms with Crippen LogP contribution in [0.25, 0.3) is 5.69 Å². The number of esters is 1. The van der Waals surface area contributed by atoms with Gasteiger partial charge in [0.25, 0.3) is 0 Å². The van der Waals surface area contributed by atoms with Crippen LogP contribution < -0.4 is 11.6 Å². The van der Waals surface area contributed by atoms with Crippen LogP contribution in [-0.2, 0) is 41.8 Å². The maximum atomic E-state index is 13.5. The first kappa shape index (κ1) is 32.4. The summed E-state index contributed by atoms with van der Waals surface area (Å²) in [4.78, 5) is 32.1. The number of carbonyl (C=O) groups is 1. The number of halogens is 3. The first-order chi connectivity index (χ1) is 18.5. The summed E-state index contributed by atoms with van der Waals surface area (Å²) in [7, 11) is 0. The van der Waals surface area contributed by atoms with Crippen LogP contribution in [-0.4, -0.2) is 45.6 Å². The van der Waals surface area contributed by atoms with Crippen molar-refractivity contribution in [1.29, 1.82) is 0 Å². The maximum absolute atomic E-state index is 13.5. The van der Waals surface area contributed by atoms with Crippen molar-refractivity contribution in [3.05, 3.63) is 106 Å². The topological polar surface area (TPSA) is 117 Å². The summed E-state index contributed by atoms with van der Waals surface area (Å²) in [6.07, 6.45) is 5.24. The molecule has 4 heterocycles. The third kappa shape index (κ3) is 7.05. The number of nitrogens with two attached hydrogens (primary N) is 1. The Kier molecular flexibility index (Phi) is 11.2. The number of imidazole rings is 1. The lowest BCUT2D eigenvalue weighted by atomic mass is 9.98. The molecular formula is C29H33Cl3N4O5. The first-order valence-corrected chi connectivity index (χ1v) is 13.0. The number of nitrogens with zero attached hydrogens (tertiary/aromatic N) is 3. The number of para-hydroxylation sites is 1. The number of fused-ring (bicyclic) bond motifs is 3. The minimum Gasteiger partial charge on any atom is -0.456 e. The number of likely N-dealkylation sites (tertiary alicyclic amines) is 1. The normalized spacial score (nSPS) is 16.4. The molecule has 0 spiro atoms. The second-order valence-corrected chi connectivity index (χ2v) is 9.97. The number of hydrogen-bond donors (Lipinski definition) is 1. The number of benzene rings is 2. The van der Waals surface area contributed by atoms with Crippen molar-refractivity contribution in [2.24, 2.45) is 5.73 Å². The summed E-state index contributed by atoms with van der Waals surface area (Å²) in [5.74, 6) is -0.629. The molecule has 2 aliphatic heterocycles. The zero-order valence-electron chi connectivity index (χ0n) is 22.3. The van der Waals surface area contributed by atoms with Gasteiger partial charge in [-0.05, 0) is 36.5 Å². The molecular weight excluding hydrogens is 591 g/mol. The lowest BCUT2D eigenvalue weighted by Gasteiger charge is -2.26. The van der Waals surface area contributed by atoms with Gasteiger partial charge in [0.05, 0.1) is 12.0 Å². The van der Waals surface area contributed by atoms with E-state index in [1.54, 1.807) is 0 Å². The summed E-state index contributed by atoms with van der Waals surface area (Å²) in [6, 6.07) is 17.4. The molecule has 1 saturated heterocycles. The quantitative estimate of drug-likeness (QED) is 0.292. The summed E-state index contributed by atoms with van der Waals surface area (Å²) in [5, 5.41) is 0. The molecule has 0 bridgehead atoms. The van der Waals surface area contributed by atoms with Crippen molar-refractivity contribution in [2.45, 2.75) is 50.8 Å². The van der Waals surface area contributed by atoms with Crippen LogP contribution in [0.5, 0.6) is 0 Å². The van der Waals surface area contributed by atoms with Gasteiger partial charge in [-0.1, -0.05) is 48.5 Å². The van der Waals surface area contributed by atoms with Crippen LogP contribution in [0.15, 0.2) is 74.6 Å². The van der Waals surface area contributed by atoms with Gasteiger partial charge in [0, 0.05) is 43.4 Å². The highest BCUT2D eigenvalue weighted by Gasteiger charge is 2.35. The molecule has 2 aromatic heterocycles. The minimum atomic E-state index is -0.811. The van der Waals surface area contributed by atoms with Gasteiger partial charge in [0.1, 0.15) is 6.04 Å². The van der Waals surface area contributed by atoms with Crippen LogP contribution in [0.2, 0.25) is 0 Å². The zero-order chi connectivity index (χ0) is 26.1. The predicted octanol–water partition coefficient (Wildman–Crippen LogP) is 4.06. The van der Waals surface area contributed by atoms with E-state index in [-0.39, 0.29) is 55.6 Å². The van der Waals surface area contributed by atoms with Gasteiger partial charge in [0.15, 0.2) is 18.1 Å². The van der Waals surface area contributed by atoms with E-state index < -0.39 is 17.8 Å². The van der Waals surface area contributed by atoms with E-state index in [1.807, 2.05) is 42.7 Å². The SMILES string of the molecule is Cl.Cl.Cl.N[C@H]1CCN([C@@H](Cc2ncn3c2CCc2ccccc2-3)C(=O)OCc2oc(=O)oc2Cc2ccccc2)C1. The van der Waals surface area contributed by atoms with Crippen molar-refractivity contribution >= 4 is 43.2 Å². The summed E-state index contributed by atoms with van der Waals surface area (Å²) >= 11 is 0. The summed E-state index contributed by atoms with van der Waals surface area (Å²) in [6.45, 7) is 1.14. The fourth-order valence-corrected chi connectivity index (χ4v) is 5.50. The maximum Gasteiger partial charge on any atom is 0.519 e. The van der Waals surface area contributed by atoms with Crippen molar-refractivity contribution in [3.63, 3.8) is 0 Å². The Labute approximate surface area is 256 Å². The second kappa shape index (κ2) is 14.2. The van der Waals surface area contributed by atoms with Gasteiger partial charge in [-0.25, -0.2) is 9.78 Å². The molecule has 2 atom stereocenters. The molecule has 2 aliphatic rings. The number of hydrogen-bond acceptors (Lipinski definition) is 8. The van der Waals surface area contributed by atoms with E-state index in [1.165, 1.54) is 5.56 Å². The van der Waals surface area contributed by atoms with E-state index in [2.05, 4.69) is 27.7 Å². The highest BCUT2D eigenvalue weighted by Crippen LogP contribution is 2.28. The highest BCUT2D eigenvalue weighted by molar-refractivity contribution is 5.86. The molecule has 0 aliphatic carbocycles. The van der Waals surface area contributed by atoms with Crippen molar-refractivity contribution in [3.8, 4) is 5.69 Å². The Balaban J connectivity index is 0.00000154. The van der Waals surface area contributed by atoms with E-state index >= 15 is 0 Å². The van der Waals surface area contributed by atoms with Crippen molar-refractivity contribution in [2.75, 3.05) is 13.1 Å². The van der Waals surface area contributed by atoms with Crippen molar-refractivity contribution < 1.29 is 18.4 Å². The lowest BCUT2D eigenvalue weighted by Crippen LogP contribution is -2.43. The minimum absolute atomic E-state index is 0. The van der Waals surface area contributed by atoms with Crippen LogP contribution in [0.1, 0.15) is 40.5 Å². The smallest absolute Gasteiger partial charge is 0.456 e. The van der Waals surface area contributed by atoms with Crippen LogP contribution in [0, 0.1) is 0 Å². The molecule has 0 radical (unpaired) electrons. The average Bonchev–Trinajstić information content (AvgIpc) is 3.64. The Bertz CT molecular complexity index is 1500. The summed E-state index contributed by atoms with van der Waals surface area (Å²) in [5.41, 5.74) is 11.6. The van der Waals surface area contributed by atoms with Crippen LogP contribution >= 0.6 is 37.2 Å². The number of rotatable bonds is 8. The van der Waals surface area contributed by atoms with Gasteiger partial charge in [-0.2, -0.15) is 0 Å². The first-order valence-electron chi connectivity index (χ1n) is 13.0. The molecule has 2 aromatic carbocycles. The van der Waals surface area contributed by atoms with Crippen molar-refractivity contribution in [1.82, 2.24) is 14.5 Å². The molecule has 220 valence electrons. The van der Waals surface area contributed by atoms with E-state index in [0.29, 0.717) is 31.7 Å². The van der Waals surface area contributed by atoms with Crippen LogP contribution in [0.3, 0.4) is 0 Å². The number of ether oxygens (including phenoxy) is 1. The lowest BCUT2D eigenvalue weighted by molar-refractivity contribution is -0.151. The van der Waals surface area contributed by atoms with Gasteiger partial charge in [-0.15, -0.1) is 37.2 Å². The molecule has 1 fully saturated rings. The highest BCUT2D eigenvalue weighted by atomic mass is 35.5. The standard InChI is InChI=1S/C29H30N4O5.3ClH/c30-21-12-13-32(16-21)25(15-22-24-11-10-20-8-4-5-9-23(20)33(24)18-31-22)28(34)36-17-27-26(37-29(35)38-27)14-19-6-2-1-3-7-19;;;/h1-9,18,21,25H,10-17,30H2;3*1H/t21-,25-;;;/m0.../s1. The van der Waals surface area contributed by atoms with E-state index in [9.17, 15) is 9.59 Å². The molecule has 12 heteroatoms. The fraction of sp³-hybridized carbons (Fsp3) is 0.345. The second-order valence-electron chi connectivity index (χ2n) is 9.97. The zero-order valence-corrected chi connectivity index (χ0v) is 24.7. The van der Waals surface area contributed by atoms with E-state index in [4.69, 9.17) is 24.3 Å². The monoisotopic (exact) mass is 622 g/mol. The Morgan fingerprint density at radius 1 is 1.02 bits per heavy atom. The molecule has 9 nitrogen and oxygen atoms in total. The van der Waals surface area contributed by atoms with Crippen LogP contribution in [0.4, 0.5) is 0 Å². The summed E-state index contributed by atoms with van der Waals surface area (Å²) < 4.78 is 18.3. The Hall–Kier alpha value is -3.08. The predicted molar refractivity (Wildman–Crippen MR) is 161 cm³/mol. The number of aryl methyl sites for hydroxylation is 1. The van der Waals surface area contributed by atoms with Gasteiger partial charge in [0.2, 0.25) is 0 Å².